The first-order valence-electron chi connectivity index (χ1n) is 7.87. The number of nitrogen functional groups attached to an aromatic ring is 1. The fourth-order valence-corrected chi connectivity index (χ4v) is 3.77. The molecule has 0 saturated heterocycles. The third-order valence-electron chi connectivity index (χ3n) is 3.86. The fourth-order valence-electron chi connectivity index (χ4n) is 2.50. The molecule has 138 valence electrons. The van der Waals surface area contributed by atoms with Crippen molar-refractivity contribution in [1.29, 1.82) is 0 Å². The Morgan fingerprint density at radius 3 is 2.52 bits per heavy atom. The third kappa shape index (κ3) is 4.45. The Morgan fingerprint density at radius 2 is 1.89 bits per heavy atom. The van der Waals surface area contributed by atoms with Crippen molar-refractivity contribution in [2.45, 2.75) is 4.90 Å². The molecule has 0 aliphatic heterocycles. The van der Waals surface area contributed by atoms with E-state index in [0.717, 1.165) is 21.1 Å². The van der Waals surface area contributed by atoms with Crippen LogP contribution in [0.2, 0.25) is 0 Å². The molecule has 1 heterocycles. The average Bonchev–Trinajstić information content (AvgIpc) is 2.63. The molecule has 0 spiro atoms. The smallest absolute Gasteiger partial charge is 0.257 e. The highest BCUT2D eigenvalue weighted by Gasteiger charge is 2.15. The first-order valence-corrected chi connectivity index (χ1v) is 10.8. The van der Waals surface area contributed by atoms with Crippen molar-refractivity contribution < 1.29 is 13.2 Å². The highest BCUT2D eigenvalue weighted by atomic mass is 127. The first-order chi connectivity index (χ1) is 12.8. The minimum absolute atomic E-state index is 0.0725. The molecule has 0 aliphatic carbocycles. The number of aromatic nitrogens is 1. The van der Waals surface area contributed by atoms with Crippen molar-refractivity contribution in [2.75, 3.05) is 17.3 Å². The topological polar surface area (TPSA) is 102 Å². The Morgan fingerprint density at radius 1 is 1.11 bits per heavy atom. The van der Waals surface area contributed by atoms with Gasteiger partial charge in [-0.3, -0.25) is 9.78 Å². The standard InChI is InChI=1S/C19H16IN3O3S/c1-27(25,26)13-6-7-14(17(21)11-13)19(24)23-12-5-8-16(20)15(10-12)18-4-2-3-9-22-18/h2-11H,21H2,1H3,(H,23,24). The number of hydrogen-bond acceptors (Lipinski definition) is 5. The van der Waals surface area contributed by atoms with Crippen LogP contribution in [0.15, 0.2) is 65.7 Å². The van der Waals surface area contributed by atoms with Gasteiger partial charge in [-0.15, -0.1) is 0 Å². The second kappa shape index (κ2) is 7.65. The van der Waals surface area contributed by atoms with Crippen molar-refractivity contribution in [2.24, 2.45) is 0 Å². The normalized spacial score (nSPS) is 11.2. The summed E-state index contributed by atoms with van der Waals surface area (Å²) in [7, 11) is -3.39. The number of sulfone groups is 1. The van der Waals surface area contributed by atoms with Crippen LogP contribution in [0.4, 0.5) is 11.4 Å². The number of benzene rings is 2. The molecule has 3 aromatic rings. The summed E-state index contributed by atoms with van der Waals surface area (Å²) in [5.74, 6) is -0.416. The number of pyridine rings is 1. The Hall–Kier alpha value is -2.46. The van der Waals surface area contributed by atoms with Gasteiger partial charge in [-0.25, -0.2) is 8.42 Å². The molecule has 0 radical (unpaired) electrons. The van der Waals surface area contributed by atoms with Gasteiger partial charge in [-0.2, -0.15) is 0 Å². The largest absolute Gasteiger partial charge is 0.398 e. The lowest BCUT2D eigenvalue weighted by atomic mass is 10.1. The molecular formula is C19H16IN3O3S. The highest BCUT2D eigenvalue weighted by Crippen LogP contribution is 2.27. The van der Waals surface area contributed by atoms with Gasteiger partial charge in [0.05, 0.1) is 16.2 Å². The summed E-state index contributed by atoms with van der Waals surface area (Å²) in [6, 6.07) is 15.2. The van der Waals surface area contributed by atoms with Gasteiger partial charge < -0.3 is 11.1 Å². The summed E-state index contributed by atoms with van der Waals surface area (Å²) in [4.78, 5) is 17.0. The van der Waals surface area contributed by atoms with Gasteiger partial charge in [-0.1, -0.05) is 6.07 Å². The van der Waals surface area contributed by atoms with E-state index in [1.54, 1.807) is 12.3 Å². The summed E-state index contributed by atoms with van der Waals surface area (Å²) >= 11 is 2.21. The molecule has 1 amide bonds. The fraction of sp³-hybridized carbons (Fsp3) is 0.0526. The number of rotatable bonds is 4. The number of halogens is 1. The second-order valence-electron chi connectivity index (χ2n) is 5.88. The van der Waals surface area contributed by atoms with E-state index in [1.807, 2.05) is 30.3 Å². The van der Waals surface area contributed by atoms with E-state index in [2.05, 4.69) is 32.9 Å². The minimum Gasteiger partial charge on any atom is -0.398 e. The predicted molar refractivity (Wildman–Crippen MR) is 114 cm³/mol. The second-order valence-corrected chi connectivity index (χ2v) is 9.06. The lowest BCUT2D eigenvalue weighted by molar-refractivity contribution is 0.102. The number of anilines is 2. The number of carbonyl (C=O) groups is 1. The van der Waals surface area contributed by atoms with Gasteiger partial charge >= 0.3 is 0 Å². The summed E-state index contributed by atoms with van der Waals surface area (Å²) < 4.78 is 24.2. The number of carbonyl (C=O) groups excluding carboxylic acids is 1. The van der Waals surface area contributed by atoms with Crippen LogP contribution in [0, 0.1) is 3.57 Å². The molecule has 0 bridgehead atoms. The molecule has 0 atom stereocenters. The lowest BCUT2D eigenvalue weighted by Gasteiger charge is -2.11. The monoisotopic (exact) mass is 493 g/mol. The SMILES string of the molecule is CS(=O)(=O)c1ccc(C(=O)Nc2ccc(I)c(-c3ccccn3)c2)c(N)c1. The predicted octanol–water partition coefficient (Wildman–Crippen LogP) is 3.59. The zero-order chi connectivity index (χ0) is 19.6. The number of hydrogen-bond donors (Lipinski definition) is 2. The highest BCUT2D eigenvalue weighted by molar-refractivity contribution is 14.1. The molecule has 8 heteroatoms. The van der Waals surface area contributed by atoms with Crippen LogP contribution in [0.25, 0.3) is 11.3 Å². The maximum atomic E-state index is 12.6. The van der Waals surface area contributed by atoms with Crippen molar-refractivity contribution in [1.82, 2.24) is 4.98 Å². The molecular weight excluding hydrogens is 477 g/mol. The summed E-state index contributed by atoms with van der Waals surface area (Å²) in [6.07, 6.45) is 2.80. The number of nitrogens with zero attached hydrogens (tertiary/aromatic N) is 1. The van der Waals surface area contributed by atoms with E-state index in [0.29, 0.717) is 5.69 Å². The van der Waals surface area contributed by atoms with Crippen LogP contribution in [-0.2, 0) is 9.84 Å². The quantitative estimate of drug-likeness (QED) is 0.427. The van der Waals surface area contributed by atoms with Gasteiger partial charge in [0.15, 0.2) is 9.84 Å². The maximum Gasteiger partial charge on any atom is 0.257 e. The number of nitrogens with two attached hydrogens (primary N) is 1. The summed E-state index contributed by atoms with van der Waals surface area (Å²) in [5, 5.41) is 2.80. The van der Waals surface area contributed by atoms with E-state index < -0.39 is 15.7 Å². The van der Waals surface area contributed by atoms with E-state index in [-0.39, 0.29) is 16.1 Å². The summed E-state index contributed by atoms with van der Waals surface area (Å²) in [6.45, 7) is 0. The maximum absolute atomic E-state index is 12.6. The zero-order valence-corrected chi connectivity index (χ0v) is 17.3. The van der Waals surface area contributed by atoms with Crippen molar-refractivity contribution >= 4 is 49.7 Å². The van der Waals surface area contributed by atoms with Gasteiger partial charge in [0.25, 0.3) is 5.91 Å². The molecule has 6 nitrogen and oxygen atoms in total. The minimum atomic E-state index is -3.39. The van der Waals surface area contributed by atoms with Crippen molar-refractivity contribution in [3.05, 3.63) is 69.9 Å². The molecule has 2 aromatic carbocycles. The molecule has 3 N–H and O–H groups in total. The molecule has 0 fully saturated rings. The zero-order valence-electron chi connectivity index (χ0n) is 14.3. The molecule has 0 aliphatic rings. The molecule has 3 rings (SSSR count). The average molecular weight is 493 g/mol. The van der Waals surface area contributed by atoms with Gasteiger partial charge in [0, 0.05) is 33.0 Å². The first kappa shape index (κ1) is 19.3. The molecule has 1 aromatic heterocycles. The molecule has 27 heavy (non-hydrogen) atoms. The number of nitrogens with one attached hydrogen (secondary N) is 1. The molecule has 0 unspecified atom stereocenters. The van der Waals surface area contributed by atoms with E-state index in [9.17, 15) is 13.2 Å². The van der Waals surface area contributed by atoms with Crippen molar-refractivity contribution in [3.63, 3.8) is 0 Å². The van der Waals surface area contributed by atoms with Crippen LogP contribution in [0.5, 0.6) is 0 Å². The molecule has 0 saturated carbocycles. The van der Waals surface area contributed by atoms with E-state index in [1.165, 1.54) is 18.2 Å². The van der Waals surface area contributed by atoms with Crippen LogP contribution in [0.1, 0.15) is 10.4 Å². The summed E-state index contributed by atoms with van der Waals surface area (Å²) in [5.41, 5.74) is 8.48. The van der Waals surface area contributed by atoms with Gasteiger partial charge in [0.2, 0.25) is 0 Å². The van der Waals surface area contributed by atoms with Crippen LogP contribution >= 0.6 is 22.6 Å². The van der Waals surface area contributed by atoms with E-state index in [4.69, 9.17) is 5.73 Å². The Balaban J connectivity index is 1.89. The van der Waals surface area contributed by atoms with Crippen LogP contribution < -0.4 is 11.1 Å². The van der Waals surface area contributed by atoms with Gasteiger partial charge in [-0.05, 0) is 71.1 Å². The van der Waals surface area contributed by atoms with Crippen LogP contribution in [0.3, 0.4) is 0 Å². The Kier molecular flexibility index (Phi) is 5.47. The Bertz CT molecular complexity index is 1120. The Labute approximate surface area is 170 Å². The van der Waals surface area contributed by atoms with Crippen LogP contribution in [-0.4, -0.2) is 25.6 Å². The van der Waals surface area contributed by atoms with E-state index >= 15 is 0 Å². The lowest BCUT2D eigenvalue weighted by Crippen LogP contribution is -2.14. The van der Waals surface area contributed by atoms with Gasteiger partial charge in [0.1, 0.15) is 0 Å². The third-order valence-corrected chi connectivity index (χ3v) is 5.91. The number of amides is 1. The van der Waals surface area contributed by atoms with Crippen molar-refractivity contribution in [3.8, 4) is 11.3 Å².